The predicted octanol–water partition coefficient (Wildman–Crippen LogP) is 1.43. The summed E-state index contributed by atoms with van der Waals surface area (Å²) in [6.07, 6.45) is 3.07. The fourth-order valence-corrected chi connectivity index (χ4v) is 3.22. The molecule has 0 bridgehead atoms. The van der Waals surface area contributed by atoms with Gasteiger partial charge in [0.25, 0.3) is 0 Å². The smallest absolute Gasteiger partial charge is 0.243 e. The van der Waals surface area contributed by atoms with Gasteiger partial charge in [0.15, 0.2) is 0 Å². The van der Waals surface area contributed by atoms with E-state index < -0.39 is 16.1 Å². The maximum atomic E-state index is 12.1. The third kappa shape index (κ3) is 3.50. The maximum Gasteiger partial charge on any atom is 0.243 e. The number of hydrogen-bond acceptors (Lipinski definition) is 3. The fraction of sp³-hybridized carbons (Fsp3) is 0.500. The highest BCUT2D eigenvalue weighted by atomic mass is 32.2. The van der Waals surface area contributed by atoms with Crippen molar-refractivity contribution in [1.82, 2.24) is 5.32 Å². The average Bonchev–Trinajstić information content (AvgIpc) is 3.14. The van der Waals surface area contributed by atoms with Crippen molar-refractivity contribution in [2.24, 2.45) is 0 Å². The minimum atomic E-state index is -3.52. The van der Waals surface area contributed by atoms with Crippen LogP contribution in [-0.4, -0.2) is 32.7 Å². The van der Waals surface area contributed by atoms with Crippen LogP contribution in [0.15, 0.2) is 24.3 Å². The van der Waals surface area contributed by atoms with E-state index in [1.54, 1.807) is 19.1 Å². The third-order valence-corrected chi connectivity index (χ3v) is 4.54. The maximum absolute atomic E-state index is 12.1. The van der Waals surface area contributed by atoms with E-state index in [1.165, 1.54) is 4.31 Å². The predicted molar refractivity (Wildman–Crippen MR) is 79.1 cm³/mol. The van der Waals surface area contributed by atoms with Crippen LogP contribution in [0.25, 0.3) is 0 Å². The summed E-state index contributed by atoms with van der Waals surface area (Å²) >= 11 is 0. The van der Waals surface area contributed by atoms with Gasteiger partial charge in [0.2, 0.25) is 15.9 Å². The normalized spacial score (nSPS) is 16.6. The molecule has 0 aromatic heterocycles. The topological polar surface area (TPSA) is 66.5 Å². The second-order valence-corrected chi connectivity index (χ2v) is 7.21. The molecule has 0 heterocycles. The minimum absolute atomic E-state index is 0.212. The lowest BCUT2D eigenvalue weighted by molar-refractivity contribution is -0.121. The molecule has 1 aliphatic carbocycles. The first-order chi connectivity index (χ1) is 9.29. The van der Waals surface area contributed by atoms with Gasteiger partial charge in [-0.2, -0.15) is 0 Å². The first-order valence-electron chi connectivity index (χ1n) is 6.65. The molecule has 1 fully saturated rings. The minimum Gasteiger partial charge on any atom is -0.352 e. The molecular formula is C14H20N2O3S. The third-order valence-electron chi connectivity index (χ3n) is 3.30. The molecule has 1 amide bonds. The fourth-order valence-electron chi connectivity index (χ4n) is 2.05. The van der Waals surface area contributed by atoms with Gasteiger partial charge in [-0.3, -0.25) is 9.10 Å². The van der Waals surface area contributed by atoms with Crippen LogP contribution in [0, 0.1) is 6.92 Å². The monoisotopic (exact) mass is 296 g/mol. The van der Waals surface area contributed by atoms with E-state index in [1.807, 2.05) is 19.1 Å². The number of hydrogen-bond donors (Lipinski definition) is 1. The van der Waals surface area contributed by atoms with Crippen LogP contribution in [0.5, 0.6) is 0 Å². The highest BCUT2D eigenvalue weighted by Gasteiger charge is 2.32. The van der Waals surface area contributed by atoms with E-state index in [-0.39, 0.29) is 11.9 Å². The number of carbonyl (C=O) groups excluding carboxylic acids is 1. The van der Waals surface area contributed by atoms with Crippen molar-refractivity contribution >= 4 is 21.6 Å². The number of carbonyl (C=O) groups is 1. The molecule has 2 rings (SSSR count). The Kier molecular flexibility index (Phi) is 4.04. The molecule has 20 heavy (non-hydrogen) atoms. The number of nitrogens with one attached hydrogen (secondary N) is 1. The summed E-state index contributed by atoms with van der Waals surface area (Å²) in [5.74, 6) is -0.251. The van der Waals surface area contributed by atoms with Crippen molar-refractivity contribution in [3.8, 4) is 0 Å². The van der Waals surface area contributed by atoms with Crippen molar-refractivity contribution in [3.05, 3.63) is 29.8 Å². The molecule has 0 radical (unpaired) electrons. The zero-order chi connectivity index (χ0) is 14.9. The summed E-state index contributed by atoms with van der Waals surface area (Å²) in [6, 6.07) is 6.56. The van der Waals surface area contributed by atoms with E-state index in [4.69, 9.17) is 0 Å². The first-order valence-corrected chi connectivity index (χ1v) is 8.50. The molecule has 1 aromatic carbocycles. The van der Waals surface area contributed by atoms with Gasteiger partial charge < -0.3 is 5.32 Å². The molecule has 1 aliphatic rings. The van der Waals surface area contributed by atoms with Crippen LogP contribution in [0.2, 0.25) is 0 Å². The van der Waals surface area contributed by atoms with Crippen LogP contribution in [0.3, 0.4) is 0 Å². The summed E-state index contributed by atoms with van der Waals surface area (Å²) < 4.78 is 25.2. The Bertz CT molecular complexity index is 591. The number of rotatable bonds is 5. The van der Waals surface area contributed by atoms with Gasteiger partial charge in [-0.1, -0.05) is 17.7 Å². The number of benzene rings is 1. The molecule has 0 aliphatic heterocycles. The van der Waals surface area contributed by atoms with Crippen molar-refractivity contribution in [2.75, 3.05) is 10.6 Å². The summed E-state index contributed by atoms with van der Waals surface area (Å²) in [6.45, 7) is 3.54. The Morgan fingerprint density at radius 3 is 2.30 bits per heavy atom. The Morgan fingerprint density at radius 2 is 1.85 bits per heavy atom. The van der Waals surface area contributed by atoms with E-state index >= 15 is 0 Å². The average molecular weight is 296 g/mol. The highest BCUT2D eigenvalue weighted by molar-refractivity contribution is 7.92. The van der Waals surface area contributed by atoms with Crippen molar-refractivity contribution in [1.29, 1.82) is 0 Å². The Balaban J connectivity index is 2.27. The second-order valence-electron chi connectivity index (χ2n) is 5.35. The van der Waals surface area contributed by atoms with Gasteiger partial charge in [0, 0.05) is 6.04 Å². The van der Waals surface area contributed by atoms with E-state index in [0.29, 0.717) is 5.69 Å². The lowest BCUT2D eigenvalue weighted by Crippen LogP contribution is -2.48. The lowest BCUT2D eigenvalue weighted by atomic mass is 10.2. The van der Waals surface area contributed by atoms with Crippen molar-refractivity contribution < 1.29 is 13.2 Å². The summed E-state index contributed by atoms with van der Waals surface area (Å²) in [4.78, 5) is 12.1. The molecule has 0 spiro atoms. The molecule has 1 aromatic rings. The van der Waals surface area contributed by atoms with E-state index in [9.17, 15) is 13.2 Å². The standard InChI is InChI=1S/C14H20N2O3S/c1-10-4-8-13(9-5-10)16(20(3,18)19)11(2)14(17)15-12-6-7-12/h4-5,8-9,11-12H,6-7H2,1-3H3,(H,15,17)/t11-/m1/s1. The van der Waals surface area contributed by atoms with Crippen molar-refractivity contribution in [2.45, 2.75) is 38.8 Å². The van der Waals surface area contributed by atoms with Crippen LogP contribution >= 0.6 is 0 Å². The number of aryl methyl sites for hydroxylation is 1. The molecule has 1 atom stereocenters. The molecule has 1 N–H and O–H groups in total. The number of sulfonamides is 1. The molecule has 6 heteroatoms. The molecule has 1 saturated carbocycles. The number of amides is 1. The van der Waals surface area contributed by atoms with Gasteiger partial charge in [0.1, 0.15) is 6.04 Å². The summed E-state index contributed by atoms with van der Waals surface area (Å²) in [7, 11) is -3.52. The van der Waals surface area contributed by atoms with E-state index in [0.717, 1.165) is 24.7 Å². The van der Waals surface area contributed by atoms with Crippen molar-refractivity contribution in [3.63, 3.8) is 0 Å². The highest BCUT2D eigenvalue weighted by Crippen LogP contribution is 2.23. The first kappa shape index (κ1) is 14.8. The molecule has 0 saturated heterocycles. The lowest BCUT2D eigenvalue weighted by Gasteiger charge is -2.28. The van der Waals surface area contributed by atoms with Gasteiger partial charge >= 0.3 is 0 Å². The van der Waals surface area contributed by atoms with E-state index in [2.05, 4.69) is 5.32 Å². The second kappa shape index (κ2) is 5.44. The SMILES string of the molecule is Cc1ccc(N([C@H](C)C(=O)NC2CC2)S(C)(=O)=O)cc1. The van der Waals surface area contributed by atoms with Gasteiger partial charge in [-0.05, 0) is 38.8 Å². The summed E-state index contributed by atoms with van der Waals surface area (Å²) in [5, 5.41) is 2.84. The molecular weight excluding hydrogens is 276 g/mol. The molecule has 0 unspecified atom stereocenters. The zero-order valence-corrected chi connectivity index (χ0v) is 12.8. The quantitative estimate of drug-likeness (QED) is 0.894. The Hall–Kier alpha value is -1.56. The van der Waals surface area contributed by atoms with Crippen LogP contribution in [0.4, 0.5) is 5.69 Å². The van der Waals surface area contributed by atoms with Gasteiger partial charge in [0.05, 0.1) is 11.9 Å². The van der Waals surface area contributed by atoms with Crippen LogP contribution < -0.4 is 9.62 Å². The van der Waals surface area contributed by atoms with Crippen LogP contribution in [-0.2, 0) is 14.8 Å². The zero-order valence-electron chi connectivity index (χ0n) is 12.0. The van der Waals surface area contributed by atoms with Crippen LogP contribution in [0.1, 0.15) is 25.3 Å². The van der Waals surface area contributed by atoms with Gasteiger partial charge in [-0.25, -0.2) is 8.42 Å². The van der Waals surface area contributed by atoms with Gasteiger partial charge in [-0.15, -0.1) is 0 Å². The molecule has 5 nitrogen and oxygen atoms in total. The number of anilines is 1. The Morgan fingerprint density at radius 1 is 1.30 bits per heavy atom. The summed E-state index contributed by atoms with van der Waals surface area (Å²) in [5.41, 5.74) is 1.55. The number of nitrogens with zero attached hydrogens (tertiary/aromatic N) is 1. The Labute approximate surface area is 120 Å². The largest absolute Gasteiger partial charge is 0.352 e. The molecule has 110 valence electrons.